The molecule has 34 heavy (non-hydrogen) atoms. The SMILES string of the molecule is CSCCC(N)C(=O)N1CCCC1C(=O)NC(Cc1ccccc1)C(=O)NC(C(=O)O)C(C)C. The molecular formula is C24H36N4O5S. The smallest absolute Gasteiger partial charge is 0.326 e. The lowest BCUT2D eigenvalue weighted by Gasteiger charge is -2.29. The third-order valence-electron chi connectivity index (χ3n) is 5.93. The number of aliphatic carboxylic acids is 1. The molecule has 0 aromatic heterocycles. The summed E-state index contributed by atoms with van der Waals surface area (Å²) in [5, 5.41) is 14.8. The van der Waals surface area contributed by atoms with E-state index in [2.05, 4.69) is 10.6 Å². The lowest BCUT2D eigenvalue weighted by atomic mass is 10.0. The van der Waals surface area contributed by atoms with Gasteiger partial charge in [-0.2, -0.15) is 11.8 Å². The molecule has 5 N–H and O–H groups in total. The molecule has 0 spiro atoms. The van der Waals surface area contributed by atoms with Crippen LogP contribution in [0.3, 0.4) is 0 Å². The molecule has 1 aliphatic rings. The van der Waals surface area contributed by atoms with Gasteiger partial charge in [0.25, 0.3) is 0 Å². The van der Waals surface area contributed by atoms with E-state index in [0.29, 0.717) is 25.8 Å². The van der Waals surface area contributed by atoms with Crippen molar-refractivity contribution in [2.24, 2.45) is 11.7 Å². The molecule has 0 bridgehead atoms. The number of rotatable bonds is 12. The highest BCUT2D eigenvalue weighted by molar-refractivity contribution is 7.98. The van der Waals surface area contributed by atoms with Crippen molar-refractivity contribution in [3.05, 3.63) is 35.9 Å². The number of carboxylic acids is 1. The molecule has 3 amide bonds. The minimum atomic E-state index is -1.14. The molecule has 0 saturated carbocycles. The maximum Gasteiger partial charge on any atom is 0.326 e. The van der Waals surface area contributed by atoms with Gasteiger partial charge in [-0.25, -0.2) is 4.79 Å². The van der Waals surface area contributed by atoms with E-state index in [0.717, 1.165) is 11.3 Å². The molecule has 1 aromatic rings. The van der Waals surface area contributed by atoms with Crippen LogP contribution in [0.2, 0.25) is 0 Å². The highest BCUT2D eigenvalue weighted by Crippen LogP contribution is 2.20. The van der Waals surface area contributed by atoms with Crippen molar-refractivity contribution in [1.29, 1.82) is 0 Å². The second kappa shape index (κ2) is 13.3. The topological polar surface area (TPSA) is 142 Å². The van der Waals surface area contributed by atoms with Gasteiger partial charge in [0.15, 0.2) is 0 Å². The maximum atomic E-state index is 13.2. The molecule has 0 aliphatic carbocycles. The summed E-state index contributed by atoms with van der Waals surface area (Å²) in [6.07, 6.45) is 3.81. The predicted molar refractivity (Wildman–Crippen MR) is 132 cm³/mol. The first kappa shape index (κ1) is 27.7. The molecule has 2 rings (SSSR count). The third-order valence-corrected chi connectivity index (χ3v) is 6.58. The first-order valence-corrected chi connectivity index (χ1v) is 13.0. The number of likely N-dealkylation sites (tertiary alicyclic amines) is 1. The monoisotopic (exact) mass is 492 g/mol. The van der Waals surface area contributed by atoms with E-state index in [-0.39, 0.29) is 18.2 Å². The summed E-state index contributed by atoms with van der Waals surface area (Å²) in [7, 11) is 0. The van der Waals surface area contributed by atoms with Crippen LogP contribution in [-0.2, 0) is 25.6 Å². The van der Waals surface area contributed by atoms with Crippen LogP contribution in [0.15, 0.2) is 30.3 Å². The van der Waals surface area contributed by atoms with E-state index in [9.17, 15) is 24.3 Å². The summed E-state index contributed by atoms with van der Waals surface area (Å²) in [4.78, 5) is 52.2. The molecule has 1 aromatic carbocycles. The number of amides is 3. The molecule has 1 saturated heterocycles. The second-order valence-electron chi connectivity index (χ2n) is 8.90. The summed E-state index contributed by atoms with van der Waals surface area (Å²) in [5.74, 6) is -2.00. The zero-order chi connectivity index (χ0) is 25.3. The van der Waals surface area contributed by atoms with E-state index < -0.39 is 42.0 Å². The molecule has 4 unspecified atom stereocenters. The van der Waals surface area contributed by atoms with Crippen LogP contribution < -0.4 is 16.4 Å². The molecule has 1 heterocycles. The Bertz CT molecular complexity index is 851. The standard InChI is InChI=1S/C24H36N4O5S/c1-15(2)20(24(32)33)27-21(29)18(14-16-8-5-4-6-9-16)26-22(30)19-10-7-12-28(19)23(31)17(25)11-13-34-3/h4-6,8-9,15,17-20H,7,10-14,25H2,1-3H3,(H,26,30)(H,27,29)(H,32,33). The molecular weight excluding hydrogens is 456 g/mol. The number of nitrogens with one attached hydrogen (secondary N) is 2. The summed E-state index contributed by atoms with van der Waals surface area (Å²) >= 11 is 1.60. The Morgan fingerprint density at radius 2 is 1.85 bits per heavy atom. The Morgan fingerprint density at radius 3 is 2.44 bits per heavy atom. The Morgan fingerprint density at radius 1 is 1.18 bits per heavy atom. The van der Waals surface area contributed by atoms with Gasteiger partial charge < -0.3 is 26.4 Å². The van der Waals surface area contributed by atoms with Crippen molar-refractivity contribution in [3.8, 4) is 0 Å². The van der Waals surface area contributed by atoms with Gasteiger partial charge in [0, 0.05) is 13.0 Å². The van der Waals surface area contributed by atoms with Gasteiger partial charge in [-0.1, -0.05) is 44.2 Å². The number of nitrogens with two attached hydrogens (primary N) is 1. The van der Waals surface area contributed by atoms with E-state index in [1.165, 1.54) is 4.90 Å². The summed E-state index contributed by atoms with van der Waals surface area (Å²) < 4.78 is 0. The van der Waals surface area contributed by atoms with Crippen molar-refractivity contribution in [2.75, 3.05) is 18.6 Å². The Labute approximate surface area is 205 Å². The number of nitrogens with zero attached hydrogens (tertiary/aromatic N) is 1. The van der Waals surface area contributed by atoms with E-state index in [1.807, 2.05) is 36.6 Å². The third kappa shape index (κ3) is 7.73. The molecule has 188 valence electrons. The fraction of sp³-hybridized carbons (Fsp3) is 0.583. The first-order valence-electron chi connectivity index (χ1n) is 11.6. The Balaban J connectivity index is 2.17. The fourth-order valence-corrected chi connectivity index (χ4v) is 4.47. The molecule has 1 fully saturated rings. The Kier molecular flexibility index (Phi) is 10.8. The highest BCUT2D eigenvalue weighted by atomic mass is 32.2. The minimum absolute atomic E-state index is 0.191. The number of hydrogen-bond donors (Lipinski definition) is 4. The van der Waals surface area contributed by atoms with Gasteiger partial charge in [0.1, 0.15) is 18.1 Å². The average Bonchev–Trinajstić information content (AvgIpc) is 3.30. The molecule has 4 atom stereocenters. The first-order chi connectivity index (χ1) is 16.1. The van der Waals surface area contributed by atoms with Gasteiger partial charge in [-0.3, -0.25) is 14.4 Å². The van der Waals surface area contributed by atoms with Gasteiger partial charge >= 0.3 is 5.97 Å². The zero-order valence-electron chi connectivity index (χ0n) is 20.0. The van der Waals surface area contributed by atoms with Gasteiger partial charge in [-0.05, 0) is 42.8 Å². The van der Waals surface area contributed by atoms with Gasteiger partial charge in [0.05, 0.1) is 6.04 Å². The molecule has 9 nitrogen and oxygen atoms in total. The number of thioether (sulfide) groups is 1. The van der Waals surface area contributed by atoms with Crippen molar-refractivity contribution in [1.82, 2.24) is 15.5 Å². The van der Waals surface area contributed by atoms with Crippen molar-refractivity contribution >= 4 is 35.5 Å². The van der Waals surface area contributed by atoms with E-state index >= 15 is 0 Å². The predicted octanol–water partition coefficient (Wildman–Crippen LogP) is 1.01. The molecule has 0 radical (unpaired) electrons. The van der Waals surface area contributed by atoms with Crippen LogP contribution in [0.4, 0.5) is 0 Å². The van der Waals surface area contributed by atoms with Crippen molar-refractivity contribution in [3.63, 3.8) is 0 Å². The van der Waals surface area contributed by atoms with E-state index in [4.69, 9.17) is 5.73 Å². The van der Waals surface area contributed by atoms with Crippen LogP contribution in [0.25, 0.3) is 0 Å². The molecule has 10 heteroatoms. The minimum Gasteiger partial charge on any atom is -0.480 e. The molecule has 1 aliphatic heterocycles. The normalized spacial score (nSPS) is 18.3. The van der Waals surface area contributed by atoms with Crippen LogP contribution in [-0.4, -0.2) is 76.4 Å². The quantitative estimate of drug-likeness (QED) is 0.341. The van der Waals surface area contributed by atoms with Crippen molar-refractivity contribution in [2.45, 2.75) is 63.7 Å². The second-order valence-corrected chi connectivity index (χ2v) is 9.88. The number of benzene rings is 1. The van der Waals surface area contributed by atoms with Crippen LogP contribution in [0, 0.1) is 5.92 Å². The number of hydrogen-bond acceptors (Lipinski definition) is 6. The van der Waals surface area contributed by atoms with Crippen molar-refractivity contribution < 1.29 is 24.3 Å². The lowest BCUT2D eigenvalue weighted by molar-refractivity contribution is -0.144. The number of carbonyl (C=O) groups is 4. The fourth-order valence-electron chi connectivity index (χ4n) is 3.98. The maximum absolute atomic E-state index is 13.2. The van der Waals surface area contributed by atoms with Gasteiger partial charge in [-0.15, -0.1) is 0 Å². The lowest BCUT2D eigenvalue weighted by Crippen LogP contribution is -2.57. The Hall–Kier alpha value is -2.59. The summed E-state index contributed by atoms with van der Waals surface area (Å²) in [5.41, 5.74) is 6.87. The zero-order valence-corrected chi connectivity index (χ0v) is 20.8. The van der Waals surface area contributed by atoms with Crippen LogP contribution in [0.1, 0.15) is 38.7 Å². The number of carbonyl (C=O) groups excluding carboxylic acids is 3. The van der Waals surface area contributed by atoms with Crippen LogP contribution in [0.5, 0.6) is 0 Å². The average molecular weight is 493 g/mol. The summed E-state index contributed by atoms with van der Waals surface area (Å²) in [6, 6.07) is 5.71. The largest absolute Gasteiger partial charge is 0.480 e. The summed E-state index contributed by atoms with van der Waals surface area (Å²) in [6.45, 7) is 3.84. The van der Waals surface area contributed by atoms with Crippen LogP contribution >= 0.6 is 11.8 Å². The highest BCUT2D eigenvalue weighted by Gasteiger charge is 2.38. The van der Waals surface area contributed by atoms with Gasteiger partial charge in [0.2, 0.25) is 17.7 Å². The number of carboxylic acid groups (broad SMARTS) is 1. The van der Waals surface area contributed by atoms with E-state index in [1.54, 1.807) is 25.6 Å².